The topological polar surface area (TPSA) is 53.2 Å². The second kappa shape index (κ2) is 5.10. The van der Waals surface area contributed by atoms with E-state index in [0.717, 1.165) is 21.9 Å². The number of amides is 2. The maximum Gasteiger partial charge on any atom is 0.327 e. The molecule has 0 aliphatic carbocycles. The summed E-state index contributed by atoms with van der Waals surface area (Å²) in [4.78, 5) is 27.9. The first-order valence-corrected chi connectivity index (χ1v) is 6.98. The molecular weight excluding hydrogens is 307 g/mol. The van der Waals surface area contributed by atoms with Crippen molar-refractivity contribution < 1.29 is 14.0 Å². The number of benzene rings is 1. The molecular formula is C16H12ClFN2O2. The number of imide groups is 1. The molecule has 3 rings (SSSR count). The van der Waals surface area contributed by atoms with E-state index in [0.29, 0.717) is 11.3 Å². The lowest BCUT2D eigenvalue weighted by atomic mass is 10.1. The largest absolute Gasteiger partial charge is 0.359 e. The molecule has 0 fully saturated rings. The van der Waals surface area contributed by atoms with Crippen molar-refractivity contribution in [2.24, 2.45) is 0 Å². The average Bonchev–Trinajstić information content (AvgIpc) is 2.88. The number of aryl methyl sites for hydroxylation is 2. The molecule has 1 aliphatic rings. The number of nitrogens with one attached hydrogen (secondary N) is 1. The van der Waals surface area contributed by atoms with E-state index < -0.39 is 17.1 Å². The van der Waals surface area contributed by atoms with Gasteiger partial charge in [-0.3, -0.25) is 9.59 Å². The van der Waals surface area contributed by atoms with Gasteiger partial charge in [-0.05, 0) is 61.4 Å². The molecule has 0 bridgehead atoms. The van der Waals surface area contributed by atoms with Gasteiger partial charge in [0.05, 0.1) is 11.3 Å². The molecule has 6 heteroatoms. The average molecular weight is 319 g/mol. The number of carbonyl (C=O) groups excluding carboxylic acids is 2. The number of H-pyrrole nitrogens is 1. The Hall–Kier alpha value is -2.40. The Bertz CT molecular complexity index is 839. The molecule has 1 N–H and O–H groups in total. The Labute approximate surface area is 131 Å². The molecule has 2 amide bonds. The van der Waals surface area contributed by atoms with Gasteiger partial charge in [-0.1, -0.05) is 0 Å². The summed E-state index contributed by atoms with van der Waals surface area (Å²) in [5.41, 5.74) is 3.50. The number of hydrogen-bond donors (Lipinski definition) is 1. The van der Waals surface area contributed by atoms with Crippen LogP contribution >= 0.6 is 11.6 Å². The van der Waals surface area contributed by atoms with Crippen LogP contribution in [0.15, 0.2) is 24.3 Å². The molecule has 1 aliphatic heterocycles. The number of aromatic amines is 1. The van der Waals surface area contributed by atoms with Gasteiger partial charge in [0.25, 0.3) is 5.91 Å². The van der Waals surface area contributed by atoms with E-state index in [2.05, 4.69) is 4.98 Å². The molecule has 0 atom stereocenters. The highest BCUT2D eigenvalue weighted by molar-refractivity contribution is 6.70. The third-order valence-electron chi connectivity index (χ3n) is 3.58. The van der Waals surface area contributed by atoms with Crippen LogP contribution in [0, 0.1) is 19.7 Å². The summed E-state index contributed by atoms with van der Waals surface area (Å²) < 4.78 is 13.5. The molecule has 112 valence electrons. The predicted octanol–water partition coefficient (Wildman–Crippen LogP) is 4.02. The van der Waals surface area contributed by atoms with Crippen LogP contribution in [0.25, 0.3) is 11.6 Å². The number of nitrogens with zero attached hydrogens (tertiary/aromatic N) is 1. The second-order valence-corrected chi connectivity index (χ2v) is 5.49. The van der Waals surface area contributed by atoms with Gasteiger partial charge in [0.2, 0.25) is 0 Å². The number of anilines is 1. The lowest BCUT2D eigenvalue weighted by molar-refractivity contribution is -0.112. The molecule has 0 spiro atoms. The molecule has 4 nitrogen and oxygen atoms in total. The van der Waals surface area contributed by atoms with Crippen molar-refractivity contribution in [1.29, 1.82) is 0 Å². The minimum atomic E-state index is -0.916. The highest BCUT2D eigenvalue weighted by Gasteiger charge is 2.36. The predicted molar refractivity (Wildman–Crippen MR) is 83.3 cm³/mol. The van der Waals surface area contributed by atoms with Gasteiger partial charge in [-0.25, -0.2) is 9.29 Å². The van der Waals surface area contributed by atoms with E-state index in [4.69, 9.17) is 11.6 Å². The summed E-state index contributed by atoms with van der Waals surface area (Å²) in [5.74, 6) is -1.05. The smallest absolute Gasteiger partial charge is 0.327 e. The SMILES string of the molecule is Cc1cc(C)c(/C=C2\C(=O)N(C(=O)Cl)c3ccc(F)cc32)[nH]1. The van der Waals surface area contributed by atoms with Crippen LogP contribution in [0.5, 0.6) is 0 Å². The summed E-state index contributed by atoms with van der Waals surface area (Å²) in [6, 6.07) is 5.72. The Morgan fingerprint density at radius 1 is 1.32 bits per heavy atom. The maximum absolute atomic E-state index is 13.5. The Morgan fingerprint density at radius 2 is 2.05 bits per heavy atom. The third-order valence-corrected chi connectivity index (χ3v) is 3.75. The number of rotatable bonds is 1. The molecule has 2 aromatic rings. The van der Waals surface area contributed by atoms with Crippen molar-refractivity contribution >= 4 is 40.2 Å². The Balaban J connectivity index is 2.21. The van der Waals surface area contributed by atoms with Gasteiger partial charge in [-0.2, -0.15) is 0 Å². The monoisotopic (exact) mass is 318 g/mol. The van der Waals surface area contributed by atoms with Crippen molar-refractivity contribution in [3.05, 3.63) is 52.6 Å². The van der Waals surface area contributed by atoms with Crippen LogP contribution < -0.4 is 4.90 Å². The van der Waals surface area contributed by atoms with Crippen LogP contribution in [0.2, 0.25) is 0 Å². The minimum absolute atomic E-state index is 0.230. The number of hydrogen-bond acceptors (Lipinski definition) is 2. The van der Waals surface area contributed by atoms with Gasteiger partial charge in [-0.15, -0.1) is 0 Å². The van der Waals surface area contributed by atoms with Crippen molar-refractivity contribution in [2.75, 3.05) is 4.90 Å². The summed E-state index contributed by atoms with van der Waals surface area (Å²) in [5, 5.41) is -0.916. The summed E-state index contributed by atoms with van der Waals surface area (Å²) >= 11 is 5.49. The van der Waals surface area contributed by atoms with Crippen LogP contribution in [0.1, 0.15) is 22.5 Å². The molecule has 22 heavy (non-hydrogen) atoms. The number of carbonyl (C=O) groups is 2. The summed E-state index contributed by atoms with van der Waals surface area (Å²) in [6.07, 6.45) is 1.61. The fourth-order valence-corrected chi connectivity index (χ4v) is 2.79. The molecule has 0 radical (unpaired) electrons. The molecule has 1 aromatic heterocycles. The van der Waals surface area contributed by atoms with Gasteiger partial charge in [0.15, 0.2) is 0 Å². The van der Waals surface area contributed by atoms with Crippen molar-refractivity contribution in [1.82, 2.24) is 4.98 Å². The quantitative estimate of drug-likeness (QED) is 0.490. The fraction of sp³-hybridized carbons (Fsp3) is 0.125. The molecule has 1 aromatic carbocycles. The minimum Gasteiger partial charge on any atom is -0.359 e. The summed E-state index contributed by atoms with van der Waals surface area (Å²) in [7, 11) is 0. The molecule has 0 unspecified atom stereocenters. The number of fused-ring (bicyclic) bond motifs is 1. The lowest BCUT2D eigenvalue weighted by Crippen LogP contribution is -2.28. The third kappa shape index (κ3) is 2.23. The van der Waals surface area contributed by atoms with Crippen LogP contribution in [0.4, 0.5) is 14.9 Å². The van der Waals surface area contributed by atoms with E-state index in [9.17, 15) is 14.0 Å². The maximum atomic E-state index is 13.5. The Kier molecular flexibility index (Phi) is 3.37. The van der Waals surface area contributed by atoms with Gasteiger partial charge in [0.1, 0.15) is 5.82 Å². The zero-order valence-electron chi connectivity index (χ0n) is 11.9. The van der Waals surface area contributed by atoms with Crippen LogP contribution in [-0.2, 0) is 4.79 Å². The highest BCUT2D eigenvalue weighted by atomic mass is 35.5. The van der Waals surface area contributed by atoms with Crippen molar-refractivity contribution in [3.63, 3.8) is 0 Å². The van der Waals surface area contributed by atoms with E-state index >= 15 is 0 Å². The molecule has 0 saturated heterocycles. The Morgan fingerprint density at radius 3 is 2.64 bits per heavy atom. The zero-order chi connectivity index (χ0) is 16.0. The standard InChI is InChI=1S/C16H12ClFN2O2/c1-8-5-9(2)19-13(8)7-12-11-6-10(18)3-4-14(11)20(15(12)21)16(17)22/h3-7,19H,1-2H3/b12-7-. The molecule has 0 saturated carbocycles. The van der Waals surface area contributed by atoms with Gasteiger partial charge in [0, 0.05) is 17.0 Å². The number of halogens is 2. The van der Waals surface area contributed by atoms with Crippen LogP contribution in [0.3, 0.4) is 0 Å². The highest BCUT2D eigenvalue weighted by Crippen LogP contribution is 2.39. The normalized spacial score (nSPS) is 15.5. The van der Waals surface area contributed by atoms with E-state index in [1.807, 2.05) is 19.9 Å². The van der Waals surface area contributed by atoms with Gasteiger partial charge < -0.3 is 4.98 Å². The van der Waals surface area contributed by atoms with E-state index in [-0.39, 0.29) is 5.57 Å². The summed E-state index contributed by atoms with van der Waals surface area (Å²) in [6.45, 7) is 3.79. The van der Waals surface area contributed by atoms with E-state index in [1.54, 1.807) is 6.08 Å². The van der Waals surface area contributed by atoms with Crippen LogP contribution in [-0.4, -0.2) is 16.3 Å². The van der Waals surface area contributed by atoms with Gasteiger partial charge >= 0.3 is 5.37 Å². The fourth-order valence-electron chi connectivity index (χ4n) is 2.62. The lowest BCUT2D eigenvalue weighted by Gasteiger charge is -2.09. The first-order valence-electron chi connectivity index (χ1n) is 6.60. The zero-order valence-corrected chi connectivity index (χ0v) is 12.7. The molecule has 2 heterocycles. The first kappa shape index (κ1) is 14.5. The van der Waals surface area contributed by atoms with Crippen molar-refractivity contribution in [3.8, 4) is 0 Å². The number of aromatic nitrogens is 1. The van der Waals surface area contributed by atoms with Crippen molar-refractivity contribution in [2.45, 2.75) is 13.8 Å². The first-order chi connectivity index (χ1) is 10.4. The van der Waals surface area contributed by atoms with E-state index in [1.165, 1.54) is 18.2 Å². The second-order valence-electron chi connectivity index (χ2n) is 5.16.